The van der Waals surface area contributed by atoms with E-state index in [1.54, 1.807) is 91.0 Å². The number of anilines is 2. The van der Waals surface area contributed by atoms with Gasteiger partial charge in [-0.25, -0.2) is 19.0 Å². The Morgan fingerprint density at radius 2 is 1.43 bits per heavy atom. The van der Waals surface area contributed by atoms with Crippen LogP contribution in [-0.2, 0) is 22.6 Å². The van der Waals surface area contributed by atoms with Gasteiger partial charge < -0.3 is 9.47 Å². The van der Waals surface area contributed by atoms with Crippen molar-refractivity contribution < 1.29 is 28.2 Å². The lowest BCUT2D eigenvalue weighted by atomic mass is 10.0. The molecule has 0 unspecified atom stereocenters. The van der Waals surface area contributed by atoms with Gasteiger partial charge in [0.25, 0.3) is 11.8 Å². The summed E-state index contributed by atoms with van der Waals surface area (Å²) in [7, 11) is 1.48. The zero-order valence-corrected chi connectivity index (χ0v) is 22.8. The highest BCUT2D eigenvalue weighted by Crippen LogP contribution is 2.36. The van der Waals surface area contributed by atoms with Crippen LogP contribution < -0.4 is 19.3 Å². The van der Waals surface area contributed by atoms with Gasteiger partial charge >= 0.3 is 6.03 Å². The minimum atomic E-state index is -0.773. The van der Waals surface area contributed by atoms with E-state index in [2.05, 4.69) is 6.58 Å². The van der Waals surface area contributed by atoms with Gasteiger partial charge in [0.05, 0.1) is 18.5 Å². The third-order valence-electron chi connectivity index (χ3n) is 6.60. The van der Waals surface area contributed by atoms with Crippen molar-refractivity contribution in [2.45, 2.75) is 13.0 Å². The number of benzene rings is 4. The first-order valence-corrected chi connectivity index (χ1v) is 13.1. The van der Waals surface area contributed by atoms with Crippen molar-refractivity contribution in [3.8, 4) is 11.5 Å². The molecule has 5 rings (SSSR count). The molecule has 1 aliphatic heterocycles. The number of hydrogen-bond donors (Lipinski definition) is 0. The quantitative estimate of drug-likeness (QED) is 0.129. The van der Waals surface area contributed by atoms with Crippen molar-refractivity contribution in [3.63, 3.8) is 0 Å². The number of para-hydroxylation sites is 2. The Morgan fingerprint density at radius 1 is 0.810 bits per heavy atom. The van der Waals surface area contributed by atoms with Crippen LogP contribution in [0.25, 0.3) is 6.08 Å². The number of ether oxygens (including phenoxy) is 2. The third-order valence-corrected chi connectivity index (χ3v) is 6.60. The average molecular weight is 563 g/mol. The van der Waals surface area contributed by atoms with E-state index in [1.807, 2.05) is 0 Å². The van der Waals surface area contributed by atoms with E-state index in [1.165, 1.54) is 25.3 Å². The molecule has 4 aromatic rings. The number of barbiturate groups is 1. The van der Waals surface area contributed by atoms with E-state index in [0.717, 1.165) is 9.80 Å². The normalized spacial score (nSPS) is 13.3. The molecule has 0 N–H and O–H groups in total. The van der Waals surface area contributed by atoms with Crippen molar-refractivity contribution >= 4 is 35.3 Å². The minimum absolute atomic E-state index is 0.0931. The monoisotopic (exact) mass is 562 g/mol. The van der Waals surface area contributed by atoms with Gasteiger partial charge in [0.15, 0.2) is 11.5 Å². The average Bonchev–Trinajstić information content (AvgIpc) is 3.00. The summed E-state index contributed by atoms with van der Waals surface area (Å²) in [5, 5.41) is 0. The lowest BCUT2D eigenvalue weighted by Gasteiger charge is -2.34. The predicted octanol–water partition coefficient (Wildman–Crippen LogP) is 6.73. The summed E-state index contributed by atoms with van der Waals surface area (Å²) >= 11 is 0. The van der Waals surface area contributed by atoms with Gasteiger partial charge in [0.2, 0.25) is 0 Å². The van der Waals surface area contributed by atoms with Crippen LogP contribution in [0.4, 0.5) is 20.6 Å². The fourth-order valence-corrected chi connectivity index (χ4v) is 4.68. The molecule has 0 spiro atoms. The van der Waals surface area contributed by atoms with Gasteiger partial charge in [0, 0.05) is 5.56 Å². The van der Waals surface area contributed by atoms with Gasteiger partial charge in [-0.05, 0) is 72.2 Å². The molecular weight excluding hydrogens is 535 g/mol. The van der Waals surface area contributed by atoms with E-state index in [4.69, 9.17) is 9.47 Å². The molecule has 0 saturated carbocycles. The zero-order chi connectivity index (χ0) is 29.6. The lowest BCUT2D eigenvalue weighted by molar-refractivity contribution is -0.121. The summed E-state index contributed by atoms with van der Waals surface area (Å²) < 4.78 is 25.4. The van der Waals surface area contributed by atoms with Crippen LogP contribution in [0.15, 0.2) is 115 Å². The second-order valence-corrected chi connectivity index (χ2v) is 9.42. The SMILES string of the molecule is C=CCc1cc(C=C2C(=O)N(c3ccccc3)C(=O)N(c3ccccc3)C2=O)cc(OC)c1OCc1cccc(F)c1. The maximum atomic E-state index is 13.7. The molecule has 1 heterocycles. The molecule has 210 valence electrons. The molecule has 1 aliphatic rings. The summed E-state index contributed by atoms with van der Waals surface area (Å²) in [6.07, 6.45) is 3.51. The summed E-state index contributed by atoms with van der Waals surface area (Å²) in [5.41, 5.74) is 2.25. The molecule has 0 aliphatic carbocycles. The maximum absolute atomic E-state index is 13.7. The highest BCUT2D eigenvalue weighted by Gasteiger charge is 2.43. The predicted molar refractivity (Wildman–Crippen MR) is 159 cm³/mol. The Balaban J connectivity index is 1.58. The van der Waals surface area contributed by atoms with Crippen LogP contribution in [0.3, 0.4) is 0 Å². The van der Waals surface area contributed by atoms with Gasteiger partial charge in [0.1, 0.15) is 18.0 Å². The largest absolute Gasteiger partial charge is 0.493 e. The first-order valence-electron chi connectivity index (χ1n) is 13.1. The molecule has 0 bridgehead atoms. The third kappa shape index (κ3) is 5.69. The molecule has 42 heavy (non-hydrogen) atoms. The van der Waals surface area contributed by atoms with Crippen LogP contribution in [-0.4, -0.2) is 25.0 Å². The van der Waals surface area contributed by atoms with Crippen molar-refractivity contribution in [2.75, 3.05) is 16.9 Å². The Hall–Kier alpha value is -5.50. The molecule has 4 aromatic carbocycles. The summed E-state index contributed by atoms with van der Waals surface area (Å²) in [5.74, 6) is -1.09. The number of urea groups is 1. The van der Waals surface area contributed by atoms with E-state index in [0.29, 0.717) is 46.0 Å². The molecule has 4 amide bonds. The number of nitrogens with zero attached hydrogens (tertiary/aromatic N) is 2. The van der Waals surface area contributed by atoms with E-state index < -0.39 is 17.8 Å². The van der Waals surface area contributed by atoms with Crippen molar-refractivity contribution in [1.82, 2.24) is 0 Å². The number of carbonyl (C=O) groups excluding carboxylic acids is 3. The van der Waals surface area contributed by atoms with Crippen LogP contribution in [0, 0.1) is 5.82 Å². The smallest absolute Gasteiger partial charge is 0.343 e. The van der Waals surface area contributed by atoms with Gasteiger partial charge in [-0.1, -0.05) is 54.6 Å². The molecule has 0 aromatic heterocycles. The molecule has 1 fully saturated rings. The van der Waals surface area contributed by atoms with Crippen molar-refractivity contribution in [1.29, 1.82) is 0 Å². The number of amides is 4. The summed E-state index contributed by atoms with van der Waals surface area (Å²) in [4.78, 5) is 43.0. The van der Waals surface area contributed by atoms with Crippen LogP contribution in [0.2, 0.25) is 0 Å². The molecule has 1 saturated heterocycles. The zero-order valence-electron chi connectivity index (χ0n) is 22.8. The van der Waals surface area contributed by atoms with Gasteiger partial charge in [-0.15, -0.1) is 6.58 Å². The summed E-state index contributed by atoms with van der Waals surface area (Å²) in [6.45, 7) is 3.92. The van der Waals surface area contributed by atoms with E-state index >= 15 is 0 Å². The van der Waals surface area contributed by atoms with Crippen LogP contribution in [0.5, 0.6) is 11.5 Å². The fourth-order valence-electron chi connectivity index (χ4n) is 4.68. The lowest BCUT2D eigenvalue weighted by Crippen LogP contribution is -2.57. The molecule has 0 radical (unpaired) electrons. The number of rotatable bonds is 9. The number of methoxy groups -OCH3 is 1. The second-order valence-electron chi connectivity index (χ2n) is 9.42. The highest BCUT2D eigenvalue weighted by atomic mass is 19.1. The second kappa shape index (κ2) is 12.3. The topological polar surface area (TPSA) is 76.2 Å². The van der Waals surface area contributed by atoms with Gasteiger partial charge in [-0.3, -0.25) is 9.59 Å². The fraction of sp³-hybridized carbons (Fsp3) is 0.0882. The molecular formula is C34H27FN2O5. The van der Waals surface area contributed by atoms with E-state index in [-0.39, 0.29) is 18.0 Å². The highest BCUT2D eigenvalue weighted by molar-refractivity contribution is 6.46. The first-order chi connectivity index (χ1) is 20.4. The van der Waals surface area contributed by atoms with Crippen LogP contribution >= 0.6 is 0 Å². The Labute approximate surface area is 242 Å². The van der Waals surface area contributed by atoms with Crippen molar-refractivity contribution in [2.24, 2.45) is 0 Å². The maximum Gasteiger partial charge on any atom is 0.343 e. The molecule has 0 atom stereocenters. The molecule has 8 heteroatoms. The standard InChI is InChI=1S/C34H27FN2O5/c1-3-11-25-18-24(21-30(41-2)31(25)42-22-23-12-10-13-26(35)19-23)20-29-32(38)36(27-14-6-4-7-15-27)34(40)37(33(29)39)28-16-8-5-9-17-28/h3-10,12-21H,1,11,22H2,2H3. The minimum Gasteiger partial charge on any atom is -0.493 e. The number of halogens is 1. The Morgan fingerprint density at radius 3 is 1.98 bits per heavy atom. The molecule has 7 nitrogen and oxygen atoms in total. The van der Waals surface area contributed by atoms with Gasteiger partial charge in [-0.2, -0.15) is 0 Å². The summed E-state index contributed by atoms with van der Waals surface area (Å²) in [6, 6.07) is 25.6. The number of imide groups is 2. The Kier molecular flexibility index (Phi) is 8.24. The number of carbonyl (C=O) groups is 3. The van der Waals surface area contributed by atoms with Crippen LogP contribution in [0.1, 0.15) is 16.7 Å². The number of allylic oxidation sites excluding steroid dienone is 1. The van der Waals surface area contributed by atoms with E-state index in [9.17, 15) is 18.8 Å². The Bertz CT molecular complexity index is 1620. The number of hydrogen-bond acceptors (Lipinski definition) is 5. The van der Waals surface area contributed by atoms with Crippen molar-refractivity contribution in [3.05, 3.63) is 138 Å². The first kappa shape index (κ1) is 28.0.